The van der Waals surface area contributed by atoms with Crippen LogP contribution in [0.5, 0.6) is 0 Å². The molecule has 1 fully saturated rings. The van der Waals surface area contributed by atoms with Gasteiger partial charge >= 0.3 is 0 Å². The van der Waals surface area contributed by atoms with E-state index in [-0.39, 0.29) is 6.29 Å². The number of sulfonamides is 1. The summed E-state index contributed by atoms with van der Waals surface area (Å²) in [5.41, 5.74) is 1.32. The Balaban J connectivity index is 2.19. The van der Waals surface area contributed by atoms with Crippen molar-refractivity contribution in [2.75, 3.05) is 24.2 Å². The van der Waals surface area contributed by atoms with Crippen LogP contribution in [0.1, 0.15) is 11.9 Å². The summed E-state index contributed by atoms with van der Waals surface area (Å²) < 4.78 is 35.2. The first-order valence-electron chi connectivity index (χ1n) is 4.85. The third-order valence-corrected chi connectivity index (χ3v) is 2.69. The van der Waals surface area contributed by atoms with Gasteiger partial charge in [0.05, 0.1) is 19.5 Å². The van der Waals surface area contributed by atoms with Crippen molar-refractivity contribution in [3.63, 3.8) is 0 Å². The second-order valence-corrected chi connectivity index (χ2v) is 5.32. The van der Waals surface area contributed by atoms with Crippen molar-refractivity contribution >= 4 is 15.7 Å². The highest BCUT2D eigenvalue weighted by Crippen LogP contribution is 2.25. The normalized spacial score (nSPS) is 17.6. The maximum Gasteiger partial charge on any atom is 0.229 e. The van der Waals surface area contributed by atoms with Crippen LogP contribution in [0.25, 0.3) is 0 Å². The van der Waals surface area contributed by atoms with Crippen molar-refractivity contribution in [2.45, 2.75) is 6.29 Å². The fourth-order valence-electron chi connectivity index (χ4n) is 1.51. The van der Waals surface area contributed by atoms with Crippen LogP contribution in [0, 0.1) is 0 Å². The first-order valence-corrected chi connectivity index (χ1v) is 6.75. The Kier molecular flexibility index (Phi) is 3.13. The van der Waals surface area contributed by atoms with E-state index in [1.165, 1.54) is 0 Å². The second kappa shape index (κ2) is 4.40. The zero-order valence-corrected chi connectivity index (χ0v) is 9.66. The van der Waals surface area contributed by atoms with Crippen LogP contribution in [-0.4, -0.2) is 27.9 Å². The quantitative estimate of drug-likeness (QED) is 0.863. The predicted octanol–water partition coefficient (Wildman–Crippen LogP) is 1.10. The Bertz CT molecular complexity index is 465. The molecule has 0 aromatic heterocycles. The number of anilines is 1. The molecule has 0 radical (unpaired) electrons. The van der Waals surface area contributed by atoms with Gasteiger partial charge in [0, 0.05) is 11.3 Å². The molecule has 1 saturated heterocycles. The molecule has 88 valence electrons. The van der Waals surface area contributed by atoms with E-state index in [0.29, 0.717) is 18.9 Å². The Morgan fingerprint density at radius 1 is 1.31 bits per heavy atom. The lowest BCUT2D eigenvalue weighted by atomic mass is 10.2. The summed E-state index contributed by atoms with van der Waals surface area (Å²) in [4.78, 5) is 0. The van der Waals surface area contributed by atoms with Gasteiger partial charge in [0.15, 0.2) is 6.29 Å². The number of hydrogen-bond donors (Lipinski definition) is 1. The van der Waals surface area contributed by atoms with Gasteiger partial charge in [0.25, 0.3) is 0 Å². The van der Waals surface area contributed by atoms with Gasteiger partial charge in [-0.15, -0.1) is 0 Å². The number of benzene rings is 1. The molecule has 0 bridgehead atoms. The largest absolute Gasteiger partial charge is 0.346 e. The molecule has 1 aliphatic heterocycles. The predicted molar refractivity (Wildman–Crippen MR) is 59.6 cm³/mol. The lowest BCUT2D eigenvalue weighted by Gasteiger charge is -2.11. The number of nitrogens with one attached hydrogen (secondary N) is 1. The molecule has 0 amide bonds. The minimum atomic E-state index is -3.25. The number of hydrogen-bond acceptors (Lipinski definition) is 4. The lowest BCUT2D eigenvalue weighted by Crippen LogP contribution is -2.10. The molecule has 0 atom stereocenters. The van der Waals surface area contributed by atoms with E-state index in [0.717, 1.165) is 11.8 Å². The average molecular weight is 243 g/mol. The van der Waals surface area contributed by atoms with Crippen LogP contribution in [0.15, 0.2) is 24.3 Å². The van der Waals surface area contributed by atoms with Crippen molar-refractivity contribution in [1.82, 2.24) is 0 Å². The van der Waals surface area contributed by atoms with Crippen LogP contribution in [-0.2, 0) is 19.5 Å². The Morgan fingerprint density at radius 2 is 2.00 bits per heavy atom. The van der Waals surface area contributed by atoms with E-state index >= 15 is 0 Å². The Labute approximate surface area is 94.4 Å². The highest BCUT2D eigenvalue weighted by atomic mass is 32.2. The molecule has 0 spiro atoms. The van der Waals surface area contributed by atoms with Crippen LogP contribution in [0.2, 0.25) is 0 Å². The minimum absolute atomic E-state index is 0.388. The molecule has 6 heteroatoms. The smallest absolute Gasteiger partial charge is 0.229 e. The average Bonchev–Trinajstić information content (AvgIpc) is 2.68. The topological polar surface area (TPSA) is 64.6 Å². The van der Waals surface area contributed by atoms with E-state index in [2.05, 4.69) is 4.72 Å². The standard InChI is InChI=1S/C10H13NO4S/c1-16(12,13)11-9-4-2-3-8(7-9)10-14-5-6-15-10/h2-4,7,10-11H,5-6H2,1H3. The molecule has 5 nitrogen and oxygen atoms in total. The maximum absolute atomic E-state index is 11.1. The van der Waals surface area contributed by atoms with Crippen LogP contribution in [0.3, 0.4) is 0 Å². The highest BCUT2D eigenvalue weighted by Gasteiger charge is 2.18. The van der Waals surface area contributed by atoms with Gasteiger partial charge in [-0.25, -0.2) is 8.42 Å². The zero-order valence-electron chi connectivity index (χ0n) is 8.84. The molecular formula is C10H13NO4S. The minimum Gasteiger partial charge on any atom is -0.346 e. The van der Waals surface area contributed by atoms with Crippen molar-refractivity contribution in [1.29, 1.82) is 0 Å². The van der Waals surface area contributed by atoms with E-state index in [9.17, 15) is 8.42 Å². The third kappa shape index (κ3) is 2.94. The molecule has 1 N–H and O–H groups in total. The van der Waals surface area contributed by atoms with Crippen molar-refractivity contribution < 1.29 is 17.9 Å². The molecule has 0 saturated carbocycles. The molecular weight excluding hydrogens is 230 g/mol. The van der Waals surface area contributed by atoms with Gasteiger partial charge in [-0.2, -0.15) is 0 Å². The molecule has 2 rings (SSSR count). The molecule has 0 unspecified atom stereocenters. The second-order valence-electron chi connectivity index (χ2n) is 3.57. The number of ether oxygens (including phenoxy) is 2. The van der Waals surface area contributed by atoms with Gasteiger partial charge in [0.2, 0.25) is 10.0 Å². The molecule has 1 aromatic carbocycles. The zero-order chi connectivity index (χ0) is 11.6. The van der Waals surface area contributed by atoms with Crippen LogP contribution in [0.4, 0.5) is 5.69 Å². The van der Waals surface area contributed by atoms with Gasteiger partial charge in [-0.3, -0.25) is 4.72 Å². The Hall–Kier alpha value is -1.11. The fraction of sp³-hybridized carbons (Fsp3) is 0.400. The van der Waals surface area contributed by atoms with Gasteiger partial charge in [0.1, 0.15) is 0 Å². The first-order chi connectivity index (χ1) is 7.54. The van der Waals surface area contributed by atoms with E-state index < -0.39 is 10.0 Å². The maximum atomic E-state index is 11.1. The highest BCUT2D eigenvalue weighted by molar-refractivity contribution is 7.92. The molecule has 0 aliphatic carbocycles. The summed E-state index contributed by atoms with van der Waals surface area (Å²) >= 11 is 0. The van der Waals surface area contributed by atoms with Crippen molar-refractivity contribution in [3.05, 3.63) is 29.8 Å². The van der Waals surface area contributed by atoms with Crippen LogP contribution < -0.4 is 4.72 Å². The third-order valence-electron chi connectivity index (χ3n) is 2.08. The van der Waals surface area contributed by atoms with Crippen LogP contribution >= 0.6 is 0 Å². The van der Waals surface area contributed by atoms with Gasteiger partial charge in [-0.05, 0) is 12.1 Å². The van der Waals surface area contributed by atoms with E-state index in [1.54, 1.807) is 18.2 Å². The monoisotopic (exact) mass is 243 g/mol. The van der Waals surface area contributed by atoms with Gasteiger partial charge < -0.3 is 9.47 Å². The first kappa shape index (κ1) is 11.4. The summed E-state index contributed by atoms with van der Waals surface area (Å²) in [6.45, 7) is 1.13. The van der Waals surface area contributed by atoms with E-state index in [4.69, 9.17) is 9.47 Å². The van der Waals surface area contributed by atoms with Crippen molar-refractivity contribution in [3.8, 4) is 0 Å². The molecule has 1 heterocycles. The summed E-state index contributed by atoms with van der Waals surface area (Å²) in [6.07, 6.45) is 0.726. The lowest BCUT2D eigenvalue weighted by molar-refractivity contribution is -0.0440. The van der Waals surface area contributed by atoms with Crippen molar-refractivity contribution in [2.24, 2.45) is 0 Å². The molecule has 16 heavy (non-hydrogen) atoms. The Morgan fingerprint density at radius 3 is 2.62 bits per heavy atom. The summed E-state index contributed by atoms with van der Waals surface area (Å²) in [7, 11) is -3.25. The van der Waals surface area contributed by atoms with Gasteiger partial charge in [-0.1, -0.05) is 12.1 Å². The SMILES string of the molecule is CS(=O)(=O)Nc1cccc(C2OCCO2)c1. The summed E-state index contributed by atoms with van der Waals surface area (Å²) in [5.74, 6) is 0. The summed E-state index contributed by atoms with van der Waals surface area (Å²) in [5, 5.41) is 0. The summed E-state index contributed by atoms with van der Waals surface area (Å²) in [6, 6.07) is 6.98. The fourth-order valence-corrected chi connectivity index (χ4v) is 2.07. The molecule has 1 aromatic rings. The molecule has 1 aliphatic rings. The number of rotatable bonds is 3. The van der Waals surface area contributed by atoms with E-state index in [1.807, 2.05) is 6.07 Å².